The standard InChI is InChI=1S/C34H54O10Si/c1-12-45(13-2,14-3)44-26-15-16-33(11)30(34(26)18-39-34)28(41-21(6)36)24-17-25(40-20(5)35)19(4)27(32(24,9)10)29(42-22(7)37)31(33)43-23(8)38/h24-26,28-31H,12-18H2,1-11H3/t24-,25-,26-,28+,29+,30-,31-,33+,34-/m0/s1. The molecule has 0 aromatic carbocycles. The van der Waals surface area contributed by atoms with Crippen LogP contribution in [-0.4, -0.2) is 74.9 Å². The molecule has 11 heteroatoms. The van der Waals surface area contributed by atoms with Gasteiger partial charge in [-0.2, -0.15) is 0 Å². The quantitative estimate of drug-likeness (QED) is 0.101. The van der Waals surface area contributed by atoms with Gasteiger partial charge in [0.05, 0.1) is 12.7 Å². The Kier molecular flexibility index (Phi) is 10.1. The molecule has 1 heterocycles. The zero-order valence-corrected chi connectivity index (χ0v) is 30.1. The van der Waals surface area contributed by atoms with Crippen LogP contribution in [0.4, 0.5) is 0 Å². The molecule has 0 N–H and O–H groups in total. The Labute approximate surface area is 269 Å². The molecular formula is C34H54O10Si. The van der Waals surface area contributed by atoms with Gasteiger partial charge in [-0.1, -0.05) is 41.5 Å². The van der Waals surface area contributed by atoms with Crippen LogP contribution in [-0.2, 0) is 47.3 Å². The van der Waals surface area contributed by atoms with Crippen LogP contribution >= 0.6 is 0 Å². The molecule has 2 saturated carbocycles. The Morgan fingerprint density at radius 3 is 1.84 bits per heavy atom. The third-order valence-electron chi connectivity index (χ3n) is 11.7. The molecule has 0 radical (unpaired) electrons. The van der Waals surface area contributed by atoms with Crippen LogP contribution < -0.4 is 0 Å². The topological polar surface area (TPSA) is 127 Å². The summed E-state index contributed by atoms with van der Waals surface area (Å²) in [7, 11) is -2.09. The molecule has 4 aliphatic rings. The minimum Gasteiger partial charge on any atom is -0.462 e. The summed E-state index contributed by atoms with van der Waals surface area (Å²) in [5, 5.41) is 0. The number of carbonyl (C=O) groups excluding carboxylic acids is 4. The lowest BCUT2D eigenvalue weighted by atomic mass is 9.48. The molecule has 4 rings (SSSR count). The average Bonchev–Trinajstić information content (AvgIpc) is 3.72. The van der Waals surface area contributed by atoms with E-state index in [1.54, 1.807) is 0 Å². The Bertz CT molecular complexity index is 1210. The zero-order chi connectivity index (χ0) is 33.7. The fourth-order valence-corrected chi connectivity index (χ4v) is 12.2. The highest BCUT2D eigenvalue weighted by atomic mass is 28.4. The number of carbonyl (C=O) groups is 4. The maximum absolute atomic E-state index is 13.0. The fraction of sp³-hybridized carbons (Fsp3) is 0.824. The van der Waals surface area contributed by atoms with Crippen molar-refractivity contribution in [3.05, 3.63) is 11.1 Å². The molecular weight excluding hydrogens is 596 g/mol. The van der Waals surface area contributed by atoms with E-state index < -0.39 is 79.0 Å². The first-order valence-electron chi connectivity index (χ1n) is 16.6. The molecule has 45 heavy (non-hydrogen) atoms. The number of fused-ring (bicyclic) bond motifs is 4. The SMILES string of the molecule is CC[Si](CC)(CC)O[C@H]1CC[C@@]2(C)[C@@H](OC(C)=O)[C@H](OC(C)=O)C3=C(C)[C@@H](OC(C)=O)C[C@@H]([C@@H](OC(C)=O)[C@@H]2[C@]12CO2)C3(C)C. The van der Waals surface area contributed by atoms with Crippen molar-refractivity contribution in [2.45, 2.75) is 150 Å². The molecule has 10 nitrogen and oxygen atoms in total. The smallest absolute Gasteiger partial charge is 0.303 e. The maximum Gasteiger partial charge on any atom is 0.303 e. The molecule has 1 saturated heterocycles. The van der Waals surface area contributed by atoms with E-state index in [1.807, 2.05) is 20.8 Å². The van der Waals surface area contributed by atoms with Crippen LogP contribution in [0, 0.1) is 22.7 Å². The Morgan fingerprint density at radius 1 is 0.844 bits per heavy atom. The van der Waals surface area contributed by atoms with Gasteiger partial charge in [0, 0.05) is 44.9 Å². The van der Waals surface area contributed by atoms with Crippen molar-refractivity contribution in [3.8, 4) is 0 Å². The number of epoxide rings is 1. The van der Waals surface area contributed by atoms with Gasteiger partial charge in [0.25, 0.3) is 0 Å². The molecule has 1 spiro atoms. The summed E-state index contributed by atoms with van der Waals surface area (Å²) >= 11 is 0. The normalized spacial score (nSPS) is 37.1. The van der Waals surface area contributed by atoms with Gasteiger partial charge in [-0.05, 0) is 60.9 Å². The van der Waals surface area contributed by atoms with Gasteiger partial charge in [-0.15, -0.1) is 0 Å². The minimum atomic E-state index is -2.09. The summed E-state index contributed by atoms with van der Waals surface area (Å²) in [6, 6.07) is 2.92. The van der Waals surface area contributed by atoms with Crippen molar-refractivity contribution in [2.75, 3.05) is 6.61 Å². The number of esters is 4. The second-order valence-corrected chi connectivity index (χ2v) is 19.2. The van der Waals surface area contributed by atoms with Crippen LogP contribution in [0.25, 0.3) is 0 Å². The highest BCUT2D eigenvalue weighted by Crippen LogP contribution is 2.65. The highest BCUT2D eigenvalue weighted by Gasteiger charge is 2.74. The number of ether oxygens (including phenoxy) is 5. The van der Waals surface area contributed by atoms with Gasteiger partial charge in [0.1, 0.15) is 23.9 Å². The van der Waals surface area contributed by atoms with E-state index in [0.717, 1.165) is 29.3 Å². The zero-order valence-electron chi connectivity index (χ0n) is 29.1. The Balaban J connectivity index is 2.04. The van der Waals surface area contributed by atoms with Crippen LogP contribution in [0.1, 0.15) is 95.4 Å². The first-order valence-corrected chi connectivity index (χ1v) is 19.2. The van der Waals surface area contributed by atoms with Crippen LogP contribution in [0.15, 0.2) is 11.1 Å². The molecule has 0 unspecified atom stereocenters. The summed E-state index contributed by atoms with van der Waals surface area (Å²) in [5.74, 6) is -2.74. The predicted molar refractivity (Wildman–Crippen MR) is 168 cm³/mol. The number of hydrogen-bond donors (Lipinski definition) is 0. The van der Waals surface area contributed by atoms with E-state index >= 15 is 0 Å². The third kappa shape index (κ3) is 6.25. The van der Waals surface area contributed by atoms with Gasteiger partial charge >= 0.3 is 23.9 Å². The van der Waals surface area contributed by atoms with Gasteiger partial charge in [-0.3, -0.25) is 19.2 Å². The van der Waals surface area contributed by atoms with Crippen molar-refractivity contribution >= 4 is 32.2 Å². The summed E-state index contributed by atoms with van der Waals surface area (Å²) in [5.41, 5.74) is -0.894. The third-order valence-corrected chi connectivity index (χ3v) is 16.3. The van der Waals surface area contributed by atoms with Gasteiger partial charge in [0.15, 0.2) is 14.4 Å². The lowest BCUT2D eigenvalue weighted by Crippen LogP contribution is -2.69. The summed E-state index contributed by atoms with van der Waals surface area (Å²) < 4.78 is 38.4. The Hall–Kier alpha value is -2.24. The van der Waals surface area contributed by atoms with Crippen molar-refractivity contribution < 1.29 is 47.3 Å². The van der Waals surface area contributed by atoms with E-state index in [0.29, 0.717) is 25.9 Å². The van der Waals surface area contributed by atoms with E-state index in [9.17, 15) is 19.2 Å². The molecule has 1 aliphatic heterocycles. The van der Waals surface area contributed by atoms with Gasteiger partial charge < -0.3 is 28.1 Å². The van der Waals surface area contributed by atoms with E-state index in [1.165, 1.54) is 27.7 Å². The fourth-order valence-electron chi connectivity index (χ4n) is 9.28. The predicted octanol–water partition coefficient (Wildman–Crippen LogP) is 5.67. The minimum absolute atomic E-state index is 0.238. The molecule has 254 valence electrons. The monoisotopic (exact) mass is 650 g/mol. The van der Waals surface area contributed by atoms with Crippen LogP contribution in [0.2, 0.25) is 18.1 Å². The molecule has 0 aromatic heterocycles. The van der Waals surface area contributed by atoms with Crippen molar-refractivity contribution in [2.24, 2.45) is 22.7 Å². The first-order chi connectivity index (χ1) is 20.9. The van der Waals surface area contributed by atoms with E-state index in [4.69, 9.17) is 28.1 Å². The van der Waals surface area contributed by atoms with Crippen molar-refractivity contribution in [1.82, 2.24) is 0 Å². The molecule has 3 fully saturated rings. The lowest BCUT2D eigenvalue weighted by molar-refractivity contribution is -0.225. The van der Waals surface area contributed by atoms with E-state index in [-0.39, 0.29) is 12.0 Å². The highest BCUT2D eigenvalue weighted by molar-refractivity contribution is 6.73. The lowest BCUT2D eigenvalue weighted by Gasteiger charge is -2.61. The number of hydrogen-bond acceptors (Lipinski definition) is 10. The largest absolute Gasteiger partial charge is 0.462 e. The van der Waals surface area contributed by atoms with Crippen LogP contribution in [0.3, 0.4) is 0 Å². The van der Waals surface area contributed by atoms with Crippen molar-refractivity contribution in [1.29, 1.82) is 0 Å². The Morgan fingerprint density at radius 2 is 1.38 bits per heavy atom. The van der Waals surface area contributed by atoms with Crippen LogP contribution in [0.5, 0.6) is 0 Å². The summed E-state index contributed by atoms with van der Waals surface area (Å²) in [4.78, 5) is 51.1. The first kappa shape index (κ1) is 35.6. The molecule has 3 aliphatic carbocycles. The van der Waals surface area contributed by atoms with Gasteiger partial charge in [-0.25, -0.2) is 0 Å². The van der Waals surface area contributed by atoms with Crippen molar-refractivity contribution in [3.63, 3.8) is 0 Å². The van der Waals surface area contributed by atoms with Gasteiger partial charge in [0.2, 0.25) is 0 Å². The maximum atomic E-state index is 13.0. The second kappa shape index (κ2) is 12.8. The summed E-state index contributed by atoms with van der Waals surface area (Å²) in [6.07, 6.45) is -1.87. The average molecular weight is 651 g/mol. The molecule has 2 bridgehead atoms. The van der Waals surface area contributed by atoms with E-state index in [2.05, 4.69) is 27.7 Å². The second-order valence-electron chi connectivity index (χ2n) is 14.5. The summed E-state index contributed by atoms with van der Waals surface area (Å²) in [6.45, 7) is 20.5. The molecule has 0 aromatic rings. The molecule has 9 atom stereocenters. The molecule has 0 amide bonds. The number of rotatable bonds is 9.